The first-order valence-corrected chi connectivity index (χ1v) is 9.00. The zero-order chi connectivity index (χ0) is 18.5. The highest BCUT2D eigenvalue weighted by atomic mass is 16.5. The molecule has 3 rings (SSSR count). The van der Waals surface area contributed by atoms with Crippen LogP contribution >= 0.6 is 0 Å². The summed E-state index contributed by atoms with van der Waals surface area (Å²) in [6, 6.07) is 16.7. The summed E-state index contributed by atoms with van der Waals surface area (Å²) in [6.45, 7) is 4.28. The van der Waals surface area contributed by atoms with Gasteiger partial charge in [-0.25, -0.2) is 4.79 Å². The molecule has 0 aliphatic carbocycles. The van der Waals surface area contributed by atoms with E-state index in [9.17, 15) is 9.90 Å². The minimum Gasteiger partial charge on any atom is -0.507 e. The number of ether oxygens (including phenoxy) is 1. The number of para-hydroxylation sites is 2. The Bertz CT molecular complexity index is 912. The molecule has 0 saturated carbocycles. The Kier molecular flexibility index (Phi) is 5.61. The van der Waals surface area contributed by atoms with Gasteiger partial charge in [-0.3, -0.25) is 0 Å². The molecule has 0 aliphatic rings. The van der Waals surface area contributed by atoms with Crippen molar-refractivity contribution >= 4 is 11.0 Å². The molecule has 0 saturated heterocycles. The van der Waals surface area contributed by atoms with Gasteiger partial charge in [-0.05, 0) is 49.4 Å². The van der Waals surface area contributed by atoms with Gasteiger partial charge in [0.15, 0.2) is 0 Å². The molecule has 0 amide bonds. The Hall–Kier alpha value is -2.75. The Balaban J connectivity index is 1.80. The van der Waals surface area contributed by atoms with Gasteiger partial charge in [-0.1, -0.05) is 44.2 Å². The van der Waals surface area contributed by atoms with Gasteiger partial charge in [-0.15, -0.1) is 0 Å². The second-order valence-corrected chi connectivity index (χ2v) is 6.93. The van der Waals surface area contributed by atoms with Gasteiger partial charge in [0, 0.05) is 0 Å². The fourth-order valence-electron chi connectivity index (χ4n) is 3.14. The molecule has 1 unspecified atom stereocenters. The van der Waals surface area contributed by atoms with Crippen molar-refractivity contribution in [2.24, 2.45) is 5.92 Å². The van der Waals surface area contributed by atoms with Crippen LogP contribution in [0.25, 0.3) is 11.0 Å². The summed E-state index contributed by atoms with van der Waals surface area (Å²) in [4.78, 5) is 12.3. The van der Waals surface area contributed by atoms with Crippen LogP contribution in [0.4, 0.5) is 0 Å². The van der Waals surface area contributed by atoms with E-state index in [0.29, 0.717) is 35.3 Å². The molecule has 1 heterocycles. The zero-order valence-corrected chi connectivity index (χ0v) is 15.1. The van der Waals surface area contributed by atoms with Crippen LogP contribution in [0.3, 0.4) is 0 Å². The normalized spacial score (nSPS) is 12.4. The largest absolute Gasteiger partial charge is 0.507 e. The number of fused-ring (bicyclic) bond motifs is 1. The van der Waals surface area contributed by atoms with Crippen LogP contribution in [0, 0.1) is 5.92 Å². The van der Waals surface area contributed by atoms with Crippen LogP contribution < -0.4 is 10.4 Å². The zero-order valence-electron chi connectivity index (χ0n) is 15.1. The summed E-state index contributed by atoms with van der Waals surface area (Å²) >= 11 is 0. The number of hydrogen-bond donors (Lipinski definition) is 1. The van der Waals surface area contributed by atoms with E-state index in [1.54, 1.807) is 18.2 Å². The van der Waals surface area contributed by atoms with Gasteiger partial charge in [-0.2, -0.15) is 0 Å². The predicted octanol–water partition coefficient (Wildman–Crippen LogP) is 4.92. The van der Waals surface area contributed by atoms with Crippen molar-refractivity contribution in [1.29, 1.82) is 0 Å². The fraction of sp³-hybridized carbons (Fsp3) is 0.318. The molecule has 1 atom stereocenters. The molecular weight excluding hydrogens is 328 g/mol. The molecule has 3 aromatic rings. The standard InChI is InChI=1S/C22H24O4/c1-15(2)14-17(25-16-8-4-3-5-9-16)12-13-19-21(23)18-10-6-7-11-20(18)26-22(19)24/h3-11,15,17,23H,12-14H2,1-2H3. The highest BCUT2D eigenvalue weighted by Gasteiger charge is 2.18. The summed E-state index contributed by atoms with van der Waals surface area (Å²) < 4.78 is 11.4. The summed E-state index contributed by atoms with van der Waals surface area (Å²) in [6.07, 6.45) is 1.87. The lowest BCUT2D eigenvalue weighted by Gasteiger charge is -2.21. The fourth-order valence-corrected chi connectivity index (χ4v) is 3.14. The highest BCUT2D eigenvalue weighted by molar-refractivity contribution is 5.83. The molecular formula is C22H24O4. The SMILES string of the molecule is CC(C)CC(CCc1c(O)c2ccccc2oc1=O)Oc1ccccc1. The molecule has 4 heteroatoms. The molecule has 0 aliphatic heterocycles. The molecule has 1 aromatic heterocycles. The van der Waals surface area contributed by atoms with E-state index < -0.39 is 5.63 Å². The van der Waals surface area contributed by atoms with Gasteiger partial charge < -0.3 is 14.3 Å². The van der Waals surface area contributed by atoms with Gasteiger partial charge in [0.25, 0.3) is 0 Å². The summed E-state index contributed by atoms with van der Waals surface area (Å²) in [5.74, 6) is 1.29. The lowest BCUT2D eigenvalue weighted by molar-refractivity contribution is 0.164. The van der Waals surface area contributed by atoms with E-state index in [1.807, 2.05) is 36.4 Å². The van der Waals surface area contributed by atoms with Crippen LogP contribution in [0.1, 0.15) is 32.3 Å². The molecule has 2 aromatic carbocycles. The summed E-state index contributed by atoms with van der Waals surface area (Å²) in [5.41, 5.74) is 0.233. The van der Waals surface area contributed by atoms with Crippen LogP contribution in [-0.4, -0.2) is 11.2 Å². The van der Waals surface area contributed by atoms with Crippen LogP contribution in [0.5, 0.6) is 11.5 Å². The van der Waals surface area contributed by atoms with E-state index in [0.717, 1.165) is 12.2 Å². The third-order valence-electron chi connectivity index (χ3n) is 4.37. The Morgan fingerprint density at radius 3 is 2.46 bits per heavy atom. The van der Waals surface area contributed by atoms with E-state index in [-0.39, 0.29) is 11.9 Å². The molecule has 0 radical (unpaired) electrons. The molecule has 4 nitrogen and oxygen atoms in total. The third-order valence-corrected chi connectivity index (χ3v) is 4.37. The summed E-state index contributed by atoms with van der Waals surface area (Å²) in [5, 5.41) is 11.1. The van der Waals surface area contributed by atoms with Crippen molar-refractivity contribution in [3.05, 3.63) is 70.6 Å². The van der Waals surface area contributed by atoms with Crippen molar-refractivity contribution < 1.29 is 14.3 Å². The van der Waals surface area contributed by atoms with Crippen LogP contribution in [0.15, 0.2) is 63.8 Å². The van der Waals surface area contributed by atoms with E-state index in [2.05, 4.69) is 13.8 Å². The number of benzene rings is 2. The Morgan fingerprint density at radius 1 is 1.04 bits per heavy atom. The minimum absolute atomic E-state index is 0.0138. The first-order valence-electron chi connectivity index (χ1n) is 9.00. The van der Waals surface area contributed by atoms with Crippen molar-refractivity contribution in [3.8, 4) is 11.5 Å². The first kappa shape index (κ1) is 18.1. The second kappa shape index (κ2) is 8.09. The molecule has 0 fully saturated rings. The second-order valence-electron chi connectivity index (χ2n) is 6.93. The molecule has 1 N–H and O–H groups in total. The summed E-state index contributed by atoms with van der Waals surface area (Å²) in [7, 11) is 0. The van der Waals surface area contributed by atoms with E-state index in [4.69, 9.17) is 9.15 Å². The van der Waals surface area contributed by atoms with Crippen LogP contribution in [0.2, 0.25) is 0 Å². The predicted molar refractivity (Wildman–Crippen MR) is 103 cm³/mol. The Labute approximate surface area is 153 Å². The topological polar surface area (TPSA) is 59.7 Å². The maximum absolute atomic E-state index is 12.3. The molecule has 136 valence electrons. The lowest BCUT2D eigenvalue weighted by Crippen LogP contribution is -2.21. The van der Waals surface area contributed by atoms with Crippen molar-refractivity contribution in [1.82, 2.24) is 0 Å². The number of aromatic hydroxyl groups is 1. The average molecular weight is 352 g/mol. The van der Waals surface area contributed by atoms with Gasteiger partial charge >= 0.3 is 5.63 Å². The highest BCUT2D eigenvalue weighted by Crippen LogP contribution is 2.28. The lowest BCUT2D eigenvalue weighted by atomic mass is 9.99. The quantitative estimate of drug-likeness (QED) is 0.613. The molecule has 26 heavy (non-hydrogen) atoms. The molecule has 0 bridgehead atoms. The maximum Gasteiger partial charge on any atom is 0.343 e. The van der Waals surface area contributed by atoms with Crippen molar-refractivity contribution in [3.63, 3.8) is 0 Å². The van der Waals surface area contributed by atoms with E-state index in [1.165, 1.54) is 0 Å². The van der Waals surface area contributed by atoms with E-state index >= 15 is 0 Å². The number of rotatable bonds is 7. The van der Waals surface area contributed by atoms with Gasteiger partial charge in [0.1, 0.15) is 17.1 Å². The molecule has 0 spiro atoms. The average Bonchev–Trinajstić information content (AvgIpc) is 2.62. The first-order chi connectivity index (χ1) is 12.5. The van der Waals surface area contributed by atoms with Crippen LogP contribution in [-0.2, 0) is 6.42 Å². The van der Waals surface area contributed by atoms with Gasteiger partial charge in [0.2, 0.25) is 0 Å². The van der Waals surface area contributed by atoms with Crippen molar-refractivity contribution in [2.45, 2.75) is 39.2 Å². The van der Waals surface area contributed by atoms with Crippen molar-refractivity contribution in [2.75, 3.05) is 0 Å². The monoisotopic (exact) mass is 352 g/mol. The smallest absolute Gasteiger partial charge is 0.343 e. The Morgan fingerprint density at radius 2 is 1.73 bits per heavy atom. The van der Waals surface area contributed by atoms with Gasteiger partial charge in [0.05, 0.1) is 17.1 Å². The number of hydrogen-bond acceptors (Lipinski definition) is 4. The third kappa shape index (κ3) is 4.26. The minimum atomic E-state index is -0.482. The maximum atomic E-state index is 12.3.